The fourth-order valence-electron chi connectivity index (χ4n) is 3.10. The van der Waals surface area contributed by atoms with Gasteiger partial charge in [0.05, 0.1) is 35.4 Å². The minimum atomic E-state index is -0.367. The first-order valence-electron chi connectivity index (χ1n) is 9.35. The summed E-state index contributed by atoms with van der Waals surface area (Å²) in [7, 11) is 1.64. The second-order valence-corrected chi connectivity index (χ2v) is 7.73. The van der Waals surface area contributed by atoms with Gasteiger partial charge in [0.15, 0.2) is 5.13 Å². The Morgan fingerprint density at radius 2 is 1.97 bits per heavy atom. The Labute approximate surface area is 172 Å². The van der Waals surface area contributed by atoms with E-state index in [2.05, 4.69) is 15.2 Å². The molecular formula is C21H21N3O4S. The summed E-state index contributed by atoms with van der Waals surface area (Å²) in [6, 6.07) is 12.5. The van der Waals surface area contributed by atoms with Crippen LogP contribution in [0.5, 0.6) is 5.75 Å². The van der Waals surface area contributed by atoms with Gasteiger partial charge >= 0.3 is 5.97 Å². The molecular weight excluding hydrogens is 390 g/mol. The molecule has 0 spiro atoms. The monoisotopic (exact) mass is 411 g/mol. The Balaban J connectivity index is 1.34. The smallest absolute Gasteiger partial charge is 0.338 e. The van der Waals surface area contributed by atoms with E-state index in [1.807, 2.05) is 18.2 Å². The molecule has 8 heteroatoms. The predicted octanol–water partition coefficient (Wildman–Crippen LogP) is 3.56. The van der Waals surface area contributed by atoms with Gasteiger partial charge < -0.3 is 19.7 Å². The number of methoxy groups -OCH3 is 1. The lowest BCUT2D eigenvalue weighted by molar-refractivity contribution is -0.120. The van der Waals surface area contributed by atoms with Crippen LogP contribution in [0.1, 0.15) is 17.3 Å². The molecule has 2 aromatic carbocycles. The normalized spacial score (nSPS) is 13.8. The molecule has 0 aliphatic carbocycles. The van der Waals surface area contributed by atoms with E-state index < -0.39 is 0 Å². The number of thiazole rings is 1. The lowest BCUT2D eigenvalue weighted by atomic mass is 10.00. The van der Waals surface area contributed by atoms with Crippen LogP contribution in [0.25, 0.3) is 10.2 Å². The van der Waals surface area contributed by atoms with Crippen molar-refractivity contribution in [3.05, 3.63) is 48.0 Å². The molecule has 1 fully saturated rings. The summed E-state index contributed by atoms with van der Waals surface area (Å²) in [5.74, 6) is 0.310. The molecule has 7 nitrogen and oxygen atoms in total. The zero-order chi connectivity index (χ0) is 20.4. The number of esters is 1. The zero-order valence-electron chi connectivity index (χ0n) is 16.2. The molecule has 1 N–H and O–H groups in total. The number of benzene rings is 2. The predicted molar refractivity (Wildman–Crippen MR) is 113 cm³/mol. The number of carbonyl (C=O) groups excluding carboxylic acids is 2. The van der Waals surface area contributed by atoms with Crippen LogP contribution in [-0.4, -0.2) is 43.7 Å². The van der Waals surface area contributed by atoms with E-state index in [9.17, 15) is 9.59 Å². The van der Waals surface area contributed by atoms with E-state index in [-0.39, 0.29) is 17.8 Å². The zero-order valence-corrected chi connectivity index (χ0v) is 17.0. The van der Waals surface area contributed by atoms with Crippen LogP contribution in [0.4, 0.5) is 10.8 Å². The van der Waals surface area contributed by atoms with Crippen molar-refractivity contribution in [1.29, 1.82) is 0 Å². The summed E-state index contributed by atoms with van der Waals surface area (Å²) in [5, 5.41) is 3.82. The van der Waals surface area contributed by atoms with Gasteiger partial charge in [-0.15, -0.1) is 0 Å². The van der Waals surface area contributed by atoms with Gasteiger partial charge in [-0.25, -0.2) is 9.78 Å². The van der Waals surface area contributed by atoms with Gasteiger partial charge in [-0.1, -0.05) is 11.3 Å². The van der Waals surface area contributed by atoms with Crippen molar-refractivity contribution in [2.45, 2.75) is 6.92 Å². The van der Waals surface area contributed by atoms with Crippen LogP contribution in [-0.2, 0) is 9.53 Å². The molecule has 1 saturated heterocycles. The van der Waals surface area contributed by atoms with E-state index in [0.717, 1.165) is 21.1 Å². The number of anilines is 2. The first-order chi connectivity index (χ1) is 14.1. The van der Waals surface area contributed by atoms with E-state index in [0.29, 0.717) is 30.9 Å². The third kappa shape index (κ3) is 4.02. The Morgan fingerprint density at radius 3 is 2.66 bits per heavy atom. The first-order valence-corrected chi connectivity index (χ1v) is 10.2. The average molecular weight is 411 g/mol. The van der Waals surface area contributed by atoms with Crippen molar-refractivity contribution < 1.29 is 19.1 Å². The Kier molecular flexibility index (Phi) is 5.35. The van der Waals surface area contributed by atoms with Crippen molar-refractivity contribution in [3.63, 3.8) is 0 Å². The van der Waals surface area contributed by atoms with Gasteiger partial charge in [-0.3, -0.25) is 4.79 Å². The fraction of sp³-hybridized carbons (Fsp3) is 0.286. The van der Waals surface area contributed by atoms with Gasteiger partial charge in [-0.2, -0.15) is 0 Å². The van der Waals surface area contributed by atoms with Gasteiger partial charge in [-0.05, 0) is 49.4 Å². The van der Waals surface area contributed by atoms with Gasteiger partial charge in [0.1, 0.15) is 5.75 Å². The Morgan fingerprint density at radius 1 is 1.21 bits per heavy atom. The second-order valence-electron chi connectivity index (χ2n) is 6.72. The van der Waals surface area contributed by atoms with Crippen LogP contribution in [0, 0.1) is 5.92 Å². The van der Waals surface area contributed by atoms with Crippen molar-refractivity contribution >= 4 is 44.2 Å². The maximum absolute atomic E-state index is 12.5. The fourth-order valence-corrected chi connectivity index (χ4v) is 4.12. The molecule has 3 aromatic rings. The van der Waals surface area contributed by atoms with Gasteiger partial charge in [0, 0.05) is 18.8 Å². The molecule has 1 aliphatic rings. The summed E-state index contributed by atoms with van der Waals surface area (Å²) in [6.07, 6.45) is 0. The molecule has 1 amide bonds. The molecule has 0 saturated carbocycles. The Bertz CT molecular complexity index is 1040. The highest BCUT2D eigenvalue weighted by molar-refractivity contribution is 7.22. The third-order valence-electron chi connectivity index (χ3n) is 4.77. The number of amides is 1. The average Bonchev–Trinajstić information content (AvgIpc) is 3.10. The van der Waals surface area contributed by atoms with Gasteiger partial charge in [0.25, 0.3) is 0 Å². The van der Waals surface area contributed by atoms with E-state index in [1.54, 1.807) is 49.6 Å². The first kappa shape index (κ1) is 19.2. The number of fused-ring (bicyclic) bond motifs is 1. The van der Waals surface area contributed by atoms with Crippen LogP contribution in [0.3, 0.4) is 0 Å². The second kappa shape index (κ2) is 8.08. The quantitative estimate of drug-likeness (QED) is 0.625. The highest BCUT2D eigenvalue weighted by Crippen LogP contribution is 2.34. The summed E-state index contributed by atoms with van der Waals surface area (Å²) >= 11 is 1.60. The number of carbonyl (C=O) groups is 2. The number of hydrogen-bond acceptors (Lipinski definition) is 7. The number of rotatable bonds is 6. The molecule has 0 unspecified atom stereocenters. The van der Waals surface area contributed by atoms with Crippen LogP contribution < -0.4 is 15.0 Å². The number of nitrogens with zero attached hydrogens (tertiary/aromatic N) is 2. The maximum Gasteiger partial charge on any atom is 0.338 e. The number of ether oxygens (including phenoxy) is 2. The van der Waals surface area contributed by atoms with E-state index in [1.165, 1.54) is 0 Å². The summed E-state index contributed by atoms with van der Waals surface area (Å²) in [5.41, 5.74) is 2.06. The van der Waals surface area contributed by atoms with E-state index >= 15 is 0 Å². The largest absolute Gasteiger partial charge is 0.497 e. The lowest BCUT2D eigenvalue weighted by Crippen LogP contribution is -2.52. The standard InChI is InChI=1S/C21H21N3O4S/c1-3-28-20(26)13-4-6-15(7-5-13)22-19(25)14-11-24(12-14)21-23-17-9-8-16(27-2)10-18(17)29-21/h4-10,14H,3,11-12H2,1-2H3,(H,22,25). The minimum Gasteiger partial charge on any atom is -0.497 e. The molecule has 150 valence electrons. The van der Waals surface area contributed by atoms with Crippen LogP contribution in [0.15, 0.2) is 42.5 Å². The minimum absolute atomic E-state index is 0.0343. The molecule has 29 heavy (non-hydrogen) atoms. The van der Waals surface area contributed by atoms with Crippen molar-refractivity contribution in [3.8, 4) is 5.75 Å². The highest BCUT2D eigenvalue weighted by atomic mass is 32.1. The van der Waals surface area contributed by atoms with Crippen LogP contribution >= 0.6 is 11.3 Å². The molecule has 0 radical (unpaired) electrons. The third-order valence-corrected chi connectivity index (χ3v) is 5.85. The molecule has 0 bridgehead atoms. The molecule has 2 heterocycles. The number of aromatic nitrogens is 1. The van der Waals surface area contributed by atoms with Gasteiger partial charge in [0.2, 0.25) is 5.91 Å². The van der Waals surface area contributed by atoms with Crippen molar-refractivity contribution in [2.24, 2.45) is 5.92 Å². The number of nitrogens with one attached hydrogen (secondary N) is 1. The summed E-state index contributed by atoms with van der Waals surface area (Å²) in [4.78, 5) is 30.9. The lowest BCUT2D eigenvalue weighted by Gasteiger charge is -2.37. The topological polar surface area (TPSA) is 80.8 Å². The molecule has 4 rings (SSSR count). The molecule has 1 aliphatic heterocycles. The van der Waals surface area contributed by atoms with Crippen molar-refractivity contribution in [1.82, 2.24) is 4.98 Å². The molecule has 1 aromatic heterocycles. The Hall–Kier alpha value is -3.13. The maximum atomic E-state index is 12.5. The van der Waals surface area contributed by atoms with E-state index in [4.69, 9.17) is 9.47 Å². The van der Waals surface area contributed by atoms with Crippen LogP contribution in [0.2, 0.25) is 0 Å². The highest BCUT2D eigenvalue weighted by Gasteiger charge is 2.34. The SMILES string of the molecule is CCOC(=O)c1ccc(NC(=O)C2CN(c3nc4ccc(OC)cc4s3)C2)cc1. The van der Waals surface area contributed by atoms with Crippen molar-refractivity contribution in [2.75, 3.05) is 37.0 Å². The molecule has 0 atom stereocenters. The summed E-state index contributed by atoms with van der Waals surface area (Å²) < 4.78 is 11.3. The number of hydrogen-bond donors (Lipinski definition) is 1. The summed E-state index contributed by atoms with van der Waals surface area (Å²) in [6.45, 7) is 3.35.